The van der Waals surface area contributed by atoms with E-state index in [9.17, 15) is 4.79 Å². The molecule has 4 aromatic rings. The number of aromatic nitrogens is 2. The minimum absolute atomic E-state index is 0.0380. The largest absolute Gasteiger partial charge is 0.492 e. The van der Waals surface area contributed by atoms with E-state index in [2.05, 4.69) is 16.0 Å². The second kappa shape index (κ2) is 11.0. The van der Waals surface area contributed by atoms with E-state index in [1.165, 1.54) is 0 Å². The van der Waals surface area contributed by atoms with Crippen LogP contribution in [-0.4, -0.2) is 28.6 Å². The summed E-state index contributed by atoms with van der Waals surface area (Å²) in [6, 6.07) is 23.3. The van der Waals surface area contributed by atoms with Crippen molar-refractivity contribution in [2.75, 3.05) is 13.2 Å². The van der Waals surface area contributed by atoms with E-state index in [-0.39, 0.29) is 5.91 Å². The molecule has 0 aliphatic heterocycles. The summed E-state index contributed by atoms with van der Waals surface area (Å²) in [7, 11) is 0. The number of hydrogen-bond acceptors (Lipinski definition) is 3. The molecule has 0 saturated heterocycles. The van der Waals surface area contributed by atoms with Crippen molar-refractivity contribution in [2.24, 2.45) is 0 Å². The molecule has 33 heavy (non-hydrogen) atoms. The first-order chi connectivity index (χ1) is 16.1. The van der Waals surface area contributed by atoms with Crippen molar-refractivity contribution in [1.29, 1.82) is 0 Å². The summed E-state index contributed by atoms with van der Waals surface area (Å²) in [6.45, 7) is 3.96. The molecule has 1 heterocycles. The van der Waals surface area contributed by atoms with Crippen LogP contribution in [0.3, 0.4) is 0 Å². The van der Waals surface area contributed by atoms with Crippen LogP contribution < -0.4 is 10.1 Å². The smallest absolute Gasteiger partial charge is 0.251 e. The van der Waals surface area contributed by atoms with Crippen LogP contribution in [0.4, 0.5) is 0 Å². The van der Waals surface area contributed by atoms with Gasteiger partial charge in [-0.25, -0.2) is 4.98 Å². The number of nitrogens with zero attached hydrogens (tertiary/aromatic N) is 2. The molecule has 1 N–H and O–H groups in total. The SMILES string of the molecule is Cc1cccc(C(=O)NCCCc2nc3ccccc3n2CCCOc2ccccc2Cl)c1. The quantitative estimate of drug-likeness (QED) is 0.302. The highest BCUT2D eigenvalue weighted by molar-refractivity contribution is 6.32. The Morgan fingerprint density at radius 1 is 1.03 bits per heavy atom. The zero-order valence-corrected chi connectivity index (χ0v) is 19.5. The third kappa shape index (κ3) is 5.93. The summed E-state index contributed by atoms with van der Waals surface area (Å²) in [6.07, 6.45) is 2.44. The van der Waals surface area contributed by atoms with Gasteiger partial charge in [-0.15, -0.1) is 0 Å². The molecule has 0 aliphatic carbocycles. The summed E-state index contributed by atoms with van der Waals surface area (Å²) >= 11 is 6.18. The third-order valence-corrected chi connectivity index (χ3v) is 5.81. The Bertz CT molecular complexity index is 1240. The van der Waals surface area contributed by atoms with Gasteiger partial charge in [0, 0.05) is 25.1 Å². The first-order valence-electron chi connectivity index (χ1n) is 11.3. The minimum Gasteiger partial charge on any atom is -0.492 e. The molecule has 0 fully saturated rings. The Morgan fingerprint density at radius 2 is 1.85 bits per heavy atom. The van der Waals surface area contributed by atoms with Crippen LogP contribution in [0.25, 0.3) is 11.0 Å². The van der Waals surface area contributed by atoms with Crippen LogP contribution in [0.2, 0.25) is 5.02 Å². The van der Waals surface area contributed by atoms with Crippen molar-refractivity contribution >= 4 is 28.5 Å². The lowest BCUT2D eigenvalue weighted by Gasteiger charge is -2.11. The number of rotatable bonds is 10. The zero-order valence-electron chi connectivity index (χ0n) is 18.8. The lowest BCUT2D eigenvalue weighted by Crippen LogP contribution is -2.25. The van der Waals surface area contributed by atoms with Gasteiger partial charge in [0.25, 0.3) is 5.91 Å². The molecule has 1 aromatic heterocycles. The van der Waals surface area contributed by atoms with E-state index < -0.39 is 0 Å². The molecule has 0 unspecified atom stereocenters. The molecule has 0 bridgehead atoms. The summed E-state index contributed by atoms with van der Waals surface area (Å²) in [5.74, 6) is 1.70. The number of halogens is 1. The molecular formula is C27H28ClN3O2. The van der Waals surface area contributed by atoms with Gasteiger partial charge >= 0.3 is 0 Å². The summed E-state index contributed by atoms with van der Waals surface area (Å²) < 4.78 is 8.11. The zero-order chi connectivity index (χ0) is 23.0. The second-order valence-electron chi connectivity index (χ2n) is 8.03. The van der Waals surface area contributed by atoms with Gasteiger partial charge < -0.3 is 14.6 Å². The Hall–Kier alpha value is -3.31. The number of benzene rings is 3. The van der Waals surface area contributed by atoms with Gasteiger partial charge in [-0.3, -0.25) is 4.79 Å². The van der Waals surface area contributed by atoms with Crippen LogP contribution in [0.5, 0.6) is 5.75 Å². The summed E-state index contributed by atoms with van der Waals surface area (Å²) in [5, 5.41) is 3.64. The number of ether oxygens (including phenoxy) is 1. The number of hydrogen-bond donors (Lipinski definition) is 1. The molecule has 0 atom stereocenters. The van der Waals surface area contributed by atoms with Crippen molar-refractivity contribution in [2.45, 2.75) is 32.7 Å². The second-order valence-corrected chi connectivity index (χ2v) is 8.44. The predicted molar refractivity (Wildman–Crippen MR) is 133 cm³/mol. The minimum atomic E-state index is -0.0380. The van der Waals surface area contributed by atoms with Crippen LogP contribution in [0.1, 0.15) is 34.6 Å². The normalized spacial score (nSPS) is 11.0. The fraction of sp³-hybridized carbons (Fsp3) is 0.259. The van der Waals surface area contributed by atoms with Crippen LogP contribution in [-0.2, 0) is 13.0 Å². The summed E-state index contributed by atoms with van der Waals surface area (Å²) in [5.41, 5.74) is 3.88. The average Bonchev–Trinajstić information content (AvgIpc) is 3.18. The molecule has 3 aromatic carbocycles. The maximum atomic E-state index is 12.4. The first kappa shape index (κ1) is 22.9. The van der Waals surface area contributed by atoms with Crippen LogP contribution in [0, 0.1) is 6.92 Å². The van der Waals surface area contributed by atoms with E-state index in [1.54, 1.807) is 0 Å². The number of carbonyl (C=O) groups is 1. The molecule has 0 spiro atoms. The van der Waals surface area contributed by atoms with Crippen molar-refractivity contribution < 1.29 is 9.53 Å². The molecule has 5 nitrogen and oxygen atoms in total. The van der Waals surface area contributed by atoms with Gasteiger partial charge in [0.1, 0.15) is 11.6 Å². The van der Waals surface area contributed by atoms with Crippen LogP contribution >= 0.6 is 11.6 Å². The van der Waals surface area contributed by atoms with E-state index in [0.717, 1.165) is 48.2 Å². The molecule has 0 radical (unpaired) electrons. The number of fused-ring (bicyclic) bond motifs is 1. The fourth-order valence-corrected chi connectivity index (χ4v) is 4.06. The fourth-order valence-electron chi connectivity index (χ4n) is 3.87. The maximum Gasteiger partial charge on any atom is 0.251 e. The number of imidazole rings is 1. The predicted octanol–water partition coefficient (Wildman–Crippen LogP) is 5.83. The number of amides is 1. The monoisotopic (exact) mass is 461 g/mol. The lowest BCUT2D eigenvalue weighted by molar-refractivity contribution is 0.0953. The number of carbonyl (C=O) groups excluding carboxylic acids is 1. The molecule has 1 amide bonds. The van der Waals surface area contributed by atoms with E-state index >= 15 is 0 Å². The standard InChI is InChI=1S/C27H28ClN3O2/c1-20-9-6-10-21(19-20)27(32)29-16-7-15-26-30-23-12-3-4-13-24(23)31(26)17-8-18-33-25-14-5-2-11-22(25)28/h2-6,9-14,19H,7-8,15-18H2,1H3,(H,29,32). The highest BCUT2D eigenvalue weighted by atomic mass is 35.5. The third-order valence-electron chi connectivity index (χ3n) is 5.50. The van der Waals surface area contributed by atoms with Crippen molar-refractivity contribution in [3.05, 3.63) is 94.8 Å². The van der Waals surface area contributed by atoms with Crippen molar-refractivity contribution in [3.8, 4) is 5.75 Å². The Balaban J connectivity index is 1.33. The van der Waals surface area contributed by atoms with Gasteiger partial charge in [-0.2, -0.15) is 0 Å². The van der Waals surface area contributed by atoms with Gasteiger partial charge in [-0.1, -0.05) is 53.6 Å². The Kier molecular flexibility index (Phi) is 7.63. The molecule has 4 rings (SSSR count). The van der Waals surface area contributed by atoms with Crippen molar-refractivity contribution in [1.82, 2.24) is 14.9 Å². The molecule has 0 saturated carbocycles. The molecule has 6 heteroatoms. The topological polar surface area (TPSA) is 56.2 Å². The average molecular weight is 462 g/mol. The van der Waals surface area contributed by atoms with Gasteiger partial charge in [0.2, 0.25) is 0 Å². The Morgan fingerprint density at radius 3 is 2.70 bits per heavy atom. The first-order valence-corrected chi connectivity index (χ1v) is 11.7. The van der Waals surface area contributed by atoms with E-state index in [1.807, 2.05) is 73.7 Å². The van der Waals surface area contributed by atoms with Crippen molar-refractivity contribution in [3.63, 3.8) is 0 Å². The Labute approximate surface area is 199 Å². The molecule has 170 valence electrons. The van der Waals surface area contributed by atoms with Gasteiger partial charge in [-0.05, 0) is 56.2 Å². The number of aryl methyl sites for hydroxylation is 3. The molecule has 0 aliphatic rings. The molecular weight excluding hydrogens is 434 g/mol. The summed E-state index contributed by atoms with van der Waals surface area (Å²) in [4.78, 5) is 17.2. The number of nitrogens with one attached hydrogen (secondary N) is 1. The lowest BCUT2D eigenvalue weighted by atomic mass is 10.1. The number of para-hydroxylation sites is 3. The van der Waals surface area contributed by atoms with E-state index in [0.29, 0.717) is 29.5 Å². The van der Waals surface area contributed by atoms with Gasteiger partial charge in [0.05, 0.1) is 22.7 Å². The van der Waals surface area contributed by atoms with Crippen LogP contribution in [0.15, 0.2) is 72.8 Å². The highest BCUT2D eigenvalue weighted by Crippen LogP contribution is 2.23. The van der Waals surface area contributed by atoms with E-state index in [4.69, 9.17) is 21.3 Å². The maximum absolute atomic E-state index is 12.4. The van der Waals surface area contributed by atoms with Gasteiger partial charge in [0.15, 0.2) is 0 Å². The highest BCUT2D eigenvalue weighted by Gasteiger charge is 2.11.